The second-order valence-corrected chi connectivity index (χ2v) is 5.74. The molecule has 0 aliphatic carbocycles. The third-order valence-corrected chi connectivity index (χ3v) is 3.13. The fraction of sp³-hybridized carbons (Fsp3) is 0.217. The smallest absolute Gasteiger partial charge is 0.0316 e. The first-order chi connectivity index (χ1) is 12.4. The number of anilines is 3. The van der Waals surface area contributed by atoms with E-state index >= 15 is 0 Å². The molecule has 0 bridgehead atoms. The molecular formula is C23H33N3. The highest BCUT2D eigenvalue weighted by molar-refractivity contribution is 5.41. The number of benzene rings is 3. The van der Waals surface area contributed by atoms with E-state index in [1.807, 2.05) is 107 Å². The molecule has 3 nitrogen and oxygen atoms in total. The van der Waals surface area contributed by atoms with E-state index in [1.54, 1.807) is 0 Å². The molecule has 0 saturated carbocycles. The third kappa shape index (κ3) is 11.6. The first-order valence-electron chi connectivity index (χ1n) is 8.83. The lowest BCUT2D eigenvalue weighted by Gasteiger charge is -1.91. The van der Waals surface area contributed by atoms with Gasteiger partial charge in [0.1, 0.15) is 0 Å². The molecule has 0 heterocycles. The largest absolute Gasteiger partial charge is 0.399 e. The number of aryl methyl sites for hydroxylation is 3. The van der Waals surface area contributed by atoms with E-state index in [0.717, 1.165) is 17.1 Å². The van der Waals surface area contributed by atoms with Gasteiger partial charge >= 0.3 is 0 Å². The van der Waals surface area contributed by atoms with Crippen LogP contribution in [0.25, 0.3) is 0 Å². The first-order valence-corrected chi connectivity index (χ1v) is 8.83. The average Bonchev–Trinajstić information content (AvgIpc) is 2.57. The minimum absolute atomic E-state index is 0.838. The van der Waals surface area contributed by atoms with Crippen molar-refractivity contribution in [1.29, 1.82) is 0 Å². The zero-order valence-electron chi connectivity index (χ0n) is 16.7. The van der Waals surface area contributed by atoms with Gasteiger partial charge in [-0.2, -0.15) is 0 Å². The predicted octanol–water partition coefficient (Wildman–Crippen LogP) is 5.76. The summed E-state index contributed by atoms with van der Waals surface area (Å²) in [5.41, 5.74) is 22.5. The van der Waals surface area contributed by atoms with Crippen LogP contribution >= 0.6 is 0 Å². The average molecular weight is 352 g/mol. The molecule has 0 amide bonds. The number of hydrogen-bond donors (Lipinski definition) is 3. The maximum Gasteiger partial charge on any atom is 0.0316 e. The van der Waals surface area contributed by atoms with E-state index < -0.39 is 0 Å². The third-order valence-electron chi connectivity index (χ3n) is 3.13. The van der Waals surface area contributed by atoms with Crippen LogP contribution < -0.4 is 17.2 Å². The summed E-state index contributed by atoms with van der Waals surface area (Å²) in [6, 6.07) is 23.4. The van der Waals surface area contributed by atoms with Gasteiger partial charge < -0.3 is 17.2 Å². The standard InChI is InChI=1S/3C7H9N.C2H6/c3*1-6-3-2-4-7(8)5-6;1-2/h3*2-5H,8H2,1H3;1-2H3. The van der Waals surface area contributed by atoms with Crippen molar-refractivity contribution in [2.45, 2.75) is 34.6 Å². The van der Waals surface area contributed by atoms with Crippen molar-refractivity contribution in [1.82, 2.24) is 0 Å². The quantitative estimate of drug-likeness (QED) is 0.451. The summed E-state index contributed by atoms with van der Waals surface area (Å²) in [6.07, 6.45) is 0. The number of rotatable bonds is 0. The molecule has 0 saturated heterocycles. The summed E-state index contributed by atoms with van der Waals surface area (Å²) >= 11 is 0. The topological polar surface area (TPSA) is 78.1 Å². The summed E-state index contributed by atoms with van der Waals surface area (Å²) in [5.74, 6) is 0. The Morgan fingerprint density at radius 1 is 0.462 bits per heavy atom. The molecule has 3 heteroatoms. The molecule has 0 fully saturated rings. The maximum absolute atomic E-state index is 5.46. The number of nitrogens with two attached hydrogens (primary N) is 3. The van der Waals surface area contributed by atoms with Gasteiger partial charge in [0, 0.05) is 17.1 Å². The van der Waals surface area contributed by atoms with Crippen LogP contribution in [0.1, 0.15) is 30.5 Å². The maximum atomic E-state index is 5.46. The van der Waals surface area contributed by atoms with Crippen molar-refractivity contribution >= 4 is 17.1 Å². The monoisotopic (exact) mass is 351 g/mol. The van der Waals surface area contributed by atoms with Gasteiger partial charge in [-0.15, -0.1) is 0 Å². The lowest BCUT2D eigenvalue weighted by Crippen LogP contribution is -1.82. The molecule has 140 valence electrons. The highest BCUT2D eigenvalue weighted by atomic mass is 14.5. The van der Waals surface area contributed by atoms with Gasteiger partial charge in [-0.05, 0) is 73.9 Å². The Hall–Kier alpha value is -2.94. The van der Waals surface area contributed by atoms with Crippen LogP contribution in [0, 0.1) is 20.8 Å². The molecule has 3 aromatic carbocycles. The summed E-state index contributed by atoms with van der Waals surface area (Å²) < 4.78 is 0. The van der Waals surface area contributed by atoms with Crippen LogP contribution in [0.5, 0.6) is 0 Å². The van der Waals surface area contributed by atoms with Crippen molar-refractivity contribution < 1.29 is 0 Å². The molecule has 0 aliphatic rings. The summed E-state index contributed by atoms with van der Waals surface area (Å²) in [6.45, 7) is 10.1. The Bertz CT molecular complexity index is 597. The van der Waals surface area contributed by atoms with E-state index in [1.165, 1.54) is 16.7 Å². The Labute approximate surface area is 158 Å². The van der Waals surface area contributed by atoms with Crippen molar-refractivity contribution in [3.05, 3.63) is 89.5 Å². The second-order valence-electron chi connectivity index (χ2n) is 5.74. The first kappa shape index (κ1) is 23.1. The number of nitrogen functional groups attached to an aromatic ring is 3. The number of hydrogen-bond acceptors (Lipinski definition) is 3. The molecule has 3 aromatic rings. The molecule has 6 N–H and O–H groups in total. The minimum Gasteiger partial charge on any atom is -0.399 e. The lowest BCUT2D eigenvalue weighted by molar-refractivity contribution is 1.47. The molecular weight excluding hydrogens is 318 g/mol. The predicted molar refractivity (Wildman–Crippen MR) is 118 cm³/mol. The van der Waals surface area contributed by atoms with E-state index in [0.29, 0.717) is 0 Å². The Morgan fingerprint density at radius 3 is 0.808 bits per heavy atom. The fourth-order valence-corrected chi connectivity index (χ4v) is 2.01. The SMILES string of the molecule is CC.Cc1cccc(N)c1.Cc1cccc(N)c1.Cc1cccc(N)c1. The fourth-order valence-electron chi connectivity index (χ4n) is 2.01. The molecule has 0 aromatic heterocycles. The van der Waals surface area contributed by atoms with Crippen molar-refractivity contribution in [2.24, 2.45) is 0 Å². The van der Waals surface area contributed by atoms with Crippen molar-refractivity contribution in [3.63, 3.8) is 0 Å². The van der Waals surface area contributed by atoms with Crippen LogP contribution in [0.4, 0.5) is 17.1 Å². The van der Waals surface area contributed by atoms with Gasteiger partial charge in [0.25, 0.3) is 0 Å². The van der Waals surface area contributed by atoms with Gasteiger partial charge in [0.2, 0.25) is 0 Å². The lowest BCUT2D eigenvalue weighted by atomic mass is 10.2. The van der Waals surface area contributed by atoms with Crippen LogP contribution in [0.3, 0.4) is 0 Å². The zero-order chi connectivity index (χ0) is 19.9. The van der Waals surface area contributed by atoms with Crippen LogP contribution in [-0.4, -0.2) is 0 Å². The molecule has 26 heavy (non-hydrogen) atoms. The normalized spacial score (nSPS) is 8.65. The molecule has 0 radical (unpaired) electrons. The van der Waals surface area contributed by atoms with Gasteiger partial charge in [-0.25, -0.2) is 0 Å². The molecule has 3 rings (SSSR count). The van der Waals surface area contributed by atoms with Gasteiger partial charge in [0.05, 0.1) is 0 Å². The van der Waals surface area contributed by atoms with Crippen LogP contribution in [0.15, 0.2) is 72.8 Å². The van der Waals surface area contributed by atoms with E-state index in [-0.39, 0.29) is 0 Å². The van der Waals surface area contributed by atoms with Crippen molar-refractivity contribution in [2.75, 3.05) is 17.2 Å². The summed E-state index contributed by atoms with van der Waals surface area (Å²) in [5, 5.41) is 0. The minimum atomic E-state index is 0.838. The van der Waals surface area contributed by atoms with E-state index in [4.69, 9.17) is 17.2 Å². The second kappa shape index (κ2) is 13.4. The molecule has 0 unspecified atom stereocenters. The van der Waals surface area contributed by atoms with Crippen LogP contribution in [-0.2, 0) is 0 Å². The van der Waals surface area contributed by atoms with E-state index in [2.05, 4.69) is 0 Å². The highest BCUT2D eigenvalue weighted by Gasteiger charge is 1.82. The Kier molecular flexibility index (Phi) is 11.9. The van der Waals surface area contributed by atoms with Crippen molar-refractivity contribution in [3.8, 4) is 0 Å². The zero-order valence-corrected chi connectivity index (χ0v) is 16.7. The molecule has 0 atom stereocenters. The molecule has 0 aliphatic heterocycles. The van der Waals surface area contributed by atoms with E-state index in [9.17, 15) is 0 Å². The van der Waals surface area contributed by atoms with Gasteiger partial charge in [-0.3, -0.25) is 0 Å². The highest BCUT2D eigenvalue weighted by Crippen LogP contribution is 2.04. The Morgan fingerprint density at radius 2 is 0.692 bits per heavy atom. The van der Waals surface area contributed by atoms with Gasteiger partial charge in [0.15, 0.2) is 0 Å². The summed E-state index contributed by atoms with van der Waals surface area (Å²) in [4.78, 5) is 0. The summed E-state index contributed by atoms with van der Waals surface area (Å²) in [7, 11) is 0. The van der Waals surface area contributed by atoms with Gasteiger partial charge in [-0.1, -0.05) is 50.2 Å². The Balaban J connectivity index is 0.000000344. The van der Waals surface area contributed by atoms with Crippen LogP contribution in [0.2, 0.25) is 0 Å². The molecule has 0 spiro atoms.